The first-order valence-corrected chi connectivity index (χ1v) is 7.23. The van der Waals surface area contributed by atoms with Gasteiger partial charge < -0.3 is 15.0 Å². The maximum Gasteiger partial charge on any atom is 0.224 e. The largest absolute Gasteiger partial charge is 0.378 e. The Morgan fingerprint density at radius 1 is 1.33 bits per heavy atom. The lowest BCUT2D eigenvalue weighted by Crippen LogP contribution is -2.46. The van der Waals surface area contributed by atoms with Crippen molar-refractivity contribution in [2.75, 3.05) is 26.8 Å². The van der Waals surface area contributed by atoms with Gasteiger partial charge in [0.15, 0.2) is 0 Å². The van der Waals surface area contributed by atoms with Crippen molar-refractivity contribution in [3.63, 3.8) is 0 Å². The third-order valence-corrected chi connectivity index (χ3v) is 4.35. The molecule has 4 heteroatoms. The van der Waals surface area contributed by atoms with Gasteiger partial charge in [0.2, 0.25) is 5.91 Å². The van der Waals surface area contributed by atoms with Crippen molar-refractivity contribution in [3.8, 4) is 0 Å². The molecule has 18 heavy (non-hydrogen) atoms. The number of amides is 1. The Morgan fingerprint density at radius 3 is 2.67 bits per heavy atom. The third kappa shape index (κ3) is 3.69. The summed E-state index contributed by atoms with van der Waals surface area (Å²) in [5.41, 5.74) is 0. The van der Waals surface area contributed by atoms with E-state index in [1.807, 2.05) is 11.9 Å². The Kier molecular flexibility index (Phi) is 5.01. The fourth-order valence-electron chi connectivity index (χ4n) is 2.94. The van der Waals surface area contributed by atoms with E-state index in [9.17, 15) is 4.79 Å². The van der Waals surface area contributed by atoms with Crippen LogP contribution in [0.2, 0.25) is 0 Å². The SMILES string of the molecule is CC1CCC(N(C)C(=O)CC2COCCN2)CC1. The lowest BCUT2D eigenvalue weighted by molar-refractivity contribution is -0.134. The Bertz CT molecular complexity index is 269. The van der Waals surface area contributed by atoms with E-state index in [4.69, 9.17) is 4.74 Å². The molecule has 1 aliphatic heterocycles. The van der Waals surface area contributed by atoms with Crippen molar-refractivity contribution in [2.45, 2.75) is 51.1 Å². The van der Waals surface area contributed by atoms with Crippen LogP contribution >= 0.6 is 0 Å². The number of nitrogens with zero attached hydrogens (tertiary/aromatic N) is 1. The van der Waals surface area contributed by atoms with Gasteiger partial charge in [0.1, 0.15) is 0 Å². The molecule has 0 aromatic rings. The first-order chi connectivity index (χ1) is 8.66. The monoisotopic (exact) mass is 254 g/mol. The van der Waals surface area contributed by atoms with Gasteiger partial charge in [-0.3, -0.25) is 4.79 Å². The van der Waals surface area contributed by atoms with Gasteiger partial charge in [0, 0.05) is 32.1 Å². The average Bonchev–Trinajstić information content (AvgIpc) is 2.40. The number of rotatable bonds is 3. The standard InChI is InChI=1S/C14H26N2O2/c1-11-3-5-13(6-4-11)16(2)14(17)9-12-10-18-8-7-15-12/h11-13,15H,3-10H2,1-2H3. The molecule has 1 saturated heterocycles. The number of carbonyl (C=O) groups excluding carboxylic acids is 1. The second kappa shape index (κ2) is 6.53. The van der Waals surface area contributed by atoms with Gasteiger partial charge in [-0.1, -0.05) is 6.92 Å². The molecule has 0 radical (unpaired) electrons. The summed E-state index contributed by atoms with van der Waals surface area (Å²) >= 11 is 0. The average molecular weight is 254 g/mol. The van der Waals surface area contributed by atoms with Gasteiger partial charge in [-0.15, -0.1) is 0 Å². The zero-order chi connectivity index (χ0) is 13.0. The first-order valence-electron chi connectivity index (χ1n) is 7.23. The molecular formula is C14H26N2O2. The maximum atomic E-state index is 12.2. The van der Waals surface area contributed by atoms with E-state index in [1.165, 1.54) is 12.8 Å². The Balaban J connectivity index is 1.77. The van der Waals surface area contributed by atoms with Gasteiger partial charge in [0.25, 0.3) is 0 Å². The number of hydrogen-bond acceptors (Lipinski definition) is 3. The minimum Gasteiger partial charge on any atom is -0.378 e. The third-order valence-electron chi connectivity index (χ3n) is 4.35. The van der Waals surface area contributed by atoms with Crippen LogP contribution in [0.5, 0.6) is 0 Å². The molecule has 104 valence electrons. The molecule has 1 atom stereocenters. The molecule has 1 amide bonds. The summed E-state index contributed by atoms with van der Waals surface area (Å²) in [6.07, 6.45) is 5.42. The van der Waals surface area contributed by atoms with Crippen LogP contribution in [0.15, 0.2) is 0 Å². The van der Waals surface area contributed by atoms with Gasteiger partial charge in [0.05, 0.1) is 13.2 Å². The van der Waals surface area contributed by atoms with Crippen LogP contribution in [0, 0.1) is 5.92 Å². The normalized spacial score (nSPS) is 33.1. The lowest BCUT2D eigenvalue weighted by Gasteiger charge is -2.34. The van der Waals surface area contributed by atoms with Crippen molar-refractivity contribution in [2.24, 2.45) is 5.92 Å². The quantitative estimate of drug-likeness (QED) is 0.828. The molecule has 0 spiro atoms. The van der Waals surface area contributed by atoms with Crippen molar-refractivity contribution in [1.82, 2.24) is 10.2 Å². The number of morpholine rings is 1. The molecule has 4 nitrogen and oxygen atoms in total. The van der Waals surface area contributed by atoms with E-state index in [0.29, 0.717) is 19.1 Å². The van der Waals surface area contributed by atoms with Crippen LogP contribution in [0.3, 0.4) is 0 Å². The highest BCUT2D eigenvalue weighted by Gasteiger charge is 2.26. The highest BCUT2D eigenvalue weighted by molar-refractivity contribution is 5.76. The van der Waals surface area contributed by atoms with E-state index in [1.54, 1.807) is 0 Å². The molecule has 1 heterocycles. The van der Waals surface area contributed by atoms with Crippen LogP contribution in [0.4, 0.5) is 0 Å². The fraction of sp³-hybridized carbons (Fsp3) is 0.929. The van der Waals surface area contributed by atoms with Crippen LogP contribution in [0.25, 0.3) is 0 Å². The summed E-state index contributed by atoms with van der Waals surface area (Å²) in [4.78, 5) is 14.2. The van der Waals surface area contributed by atoms with E-state index in [2.05, 4.69) is 12.2 Å². The van der Waals surface area contributed by atoms with E-state index in [-0.39, 0.29) is 11.9 Å². The molecular weight excluding hydrogens is 228 g/mol. The summed E-state index contributed by atoms with van der Waals surface area (Å²) in [6, 6.07) is 0.662. The van der Waals surface area contributed by atoms with Gasteiger partial charge in [-0.2, -0.15) is 0 Å². The zero-order valence-corrected chi connectivity index (χ0v) is 11.7. The second-order valence-electron chi connectivity index (χ2n) is 5.85. The van der Waals surface area contributed by atoms with Gasteiger partial charge in [-0.25, -0.2) is 0 Å². The molecule has 0 aromatic carbocycles. The summed E-state index contributed by atoms with van der Waals surface area (Å²) in [7, 11) is 1.96. The smallest absolute Gasteiger partial charge is 0.224 e. The van der Waals surface area contributed by atoms with Crippen LogP contribution in [0.1, 0.15) is 39.0 Å². The molecule has 2 rings (SSSR count). The molecule has 2 fully saturated rings. The van der Waals surface area contributed by atoms with Gasteiger partial charge in [-0.05, 0) is 31.6 Å². The van der Waals surface area contributed by atoms with Crippen molar-refractivity contribution >= 4 is 5.91 Å². The predicted molar refractivity (Wildman–Crippen MR) is 71.4 cm³/mol. The van der Waals surface area contributed by atoms with Crippen LogP contribution < -0.4 is 5.32 Å². The van der Waals surface area contributed by atoms with E-state index < -0.39 is 0 Å². The minimum absolute atomic E-state index is 0.205. The summed E-state index contributed by atoms with van der Waals surface area (Å²) < 4.78 is 5.39. The summed E-state index contributed by atoms with van der Waals surface area (Å²) in [5, 5.41) is 3.34. The van der Waals surface area contributed by atoms with Crippen molar-refractivity contribution in [1.29, 1.82) is 0 Å². The van der Waals surface area contributed by atoms with E-state index >= 15 is 0 Å². The molecule has 2 aliphatic rings. The number of nitrogens with one attached hydrogen (secondary N) is 1. The molecule has 0 aromatic heterocycles. The van der Waals surface area contributed by atoms with Crippen molar-refractivity contribution < 1.29 is 9.53 Å². The molecule has 0 bridgehead atoms. The minimum atomic E-state index is 0.205. The predicted octanol–water partition coefficient (Wildman–Crippen LogP) is 1.40. The Hall–Kier alpha value is -0.610. The summed E-state index contributed by atoms with van der Waals surface area (Å²) in [6.45, 7) is 4.60. The lowest BCUT2D eigenvalue weighted by atomic mass is 9.86. The molecule has 1 unspecified atom stereocenters. The topological polar surface area (TPSA) is 41.6 Å². The van der Waals surface area contributed by atoms with E-state index in [0.717, 1.165) is 31.9 Å². The number of hydrogen-bond donors (Lipinski definition) is 1. The highest BCUT2D eigenvalue weighted by Crippen LogP contribution is 2.26. The Labute approximate surface area is 110 Å². The fourth-order valence-corrected chi connectivity index (χ4v) is 2.94. The molecule has 1 saturated carbocycles. The molecule has 1 N–H and O–H groups in total. The number of carbonyl (C=O) groups is 1. The Morgan fingerprint density at radius 2 is 2.06 bits per heavy atom. The highest BCUT2D eigenvalue weighted by atomic mass is 16.5. The van der Waals surface area contributed by atoms with Crippen molar-refractivity contribution in [3.05, 3.63) is 0 Å². The van der Waals surface area contributed by atoms with Gasteiger partial charge >= 0.3 is 0 Å². The van der Waals surface area contributed by atoms with Crippen LogP contribution in [-0.2, 0) is 9.53 Å². The zero-order valence-electron chi connectivity index (χ0n) is 11.7. The maximum absolute atomic E-state index is 12.2. The molecule has 1 aliphatic carbocycles. The number of ether oxygens (including phenoxy) is 1. The first kappa shape index (κ1) is 13.8. The second-order valence-corrected chi connectivity index (χ2v) is 5.85. The summed E-state index contributed by atoms with van der Waals surface area (Å²) in [5.74, 6) is 1.09. The van der Waals surface area contributed by atoms with Crippen LogP contribution in [-0.4, -0.2) is 49.7 Å².